The number of carbonyl (C=O) groups is 1. The second-order valence-corrected chi connectivity index (χ2v) is 5.51. The molecule has 1 atom stereocenters. The molecule has 121 valence electrons. The molecule has 3 rings (SSSR count). The second-order valence-electron chi connectivity index (χ2n) is 5.51. The summed E-state index contributed by atoms with van der Waals surface area (Å²) in [6, 6.07) is 0. The minimum absolute atomic E-state index is 0. The summed E-state index contributed by atoms with van der Waals surface area (Å²) >= 11 is 0. The molecule has 0 fully saturated rings. The van der Waals surface area contributed by atoms with E-state index < -0.39 is 5.97 Å². The Morgan fingerprint density at radius 1 is 1.18 bits per heavy atom. The molecule has 5 heteroatoms. The van der Waals surface area contributed by atoms with Gasteiger partial charge in [-0.15, -0.1) is 12.0 Å². The zero-order valence-electron chi connectivity index (χ0n) is 13.0. The molecule has 0 amide bonds. The Labute approximate surface area is 161 Å². The molecule has 1 N–H and O–H groups in total. The molecule has 0 saturated heterocycles. The quantitative estimate of drug-likeness (QED) is 0.341. The van der Waals surface area contributed by atoms with Gasteiger partial charge in [-0.3, -0.25) is 0 Å². The Balaban J connectivity index is 0. The number of carboxylic acids is 1. The molecule has 0 aromatic rings. The van der Waals surface area contributed by atoms with E-state index in [4.69, 9.17) is 5.11 Å². The summed E-state index contributed by atoms with van der Waals surface area (Å²) in [5, 5.41) is 7.60. The van der Waals surface area contributed by atoms with Crippen LogP contribution in [0, 0.1) is 12.3 Å². The number of hydrogen-bond acceptors (Lipinski definition) is 1. The predicted molar refractivity (Wildman–Crippen MR) is 77.7 cm³/mol. The second kappa shape index (κ2) is 11.4. The van der Waals surface area contributed by atoms with Gasteiger partial charge < -0.3 is 29.9 Å². The van der Waals surface area contributed by atoms with Crippen LogP contribution in [-0.2, 0) is 26.5 Å². The fourth-order valence-electron chi connectivity index (χ4n) is 3.51. The van der Waals surface area contributed by atoms with Crippen molar-refractivity contribution in [2.45, 2.75) is 51.9 Å². The standard InChI is InChI=1S/C14H19.C3H4O2.2ClH.Ti/c1-10-11-6-2-4-8-13(11)14-9-5-3-7-12(10)14;1-2-3(4)5;;;/h6,10H,2-5,7-9H2,1H3;2H,1H2,(H,4,5);2*1H;/q-1;;;;+3/p-2. The largest absolute Gasteiger partial charge is 3.00 e. The van der Waals surface area contributed by atoms with Gasteiger partial charge in [0.05, 0.1) is 0 Å². The number of hydrogen-bond donors (Lipinski definition) is 1. The Bertz CT molecular complexity index is 424. The van der Waals surface area contributed by atoms with Crippen LogP contribution in [-0.4, -0.2) is 11.1 Å². The molecule has 2 nitrogen and oxygen atoms in total. The molecule has 0 spiro atoms. The van der Waals surface area contributed by atoms with Gasteiger partial charge in [0.25, 0.3) is 0 Å². The van der Waals surface area contributed by atoms with Crippen molar-refractivity contribution in [3.05, 3.63) is 41.4 Å². The van der Waals surface area contributed by atoms with Gasteiger partial charge in [-0.1, -0.05) is 38.3 Å². The van der Waals surface area contributed by atoms with Crippen LogP contribution in [0.3, 0.4) is 0 Å². The van der Waals surface area contributed by atoms with Crippen LogP contribution in [0.25, 0.3) is 0 Å². The fraction of sp³-hybridized carbons (Fsp3) is 0.529. The Morgan fingerprint density at radius 3 is 2.32 bits per heavy atom. The summed E-state index contributed by atoms with van der Waals surface area (Å²) in [5.41, 5.74) is 7.07. The zero-order chi connectivity index (χ0) is 13.8. The van der Waals surface area contributed by atoms with Crippen molar-refractivity contribution in [3.8, 4) is 0 Å². The van der Waals surface area contributed by atoms with Crippen LogP contribution in [0.1, 0.15) is 51.9 Å². The van der Waals surface area contributed by atoms with Gasteiger partial charge in [0, 0.05) is 6.08 Å². The molecule has 3 aliphatic rings. The molecule has 1 unspecified atom stereocenters. The van der Waals surface area contributed by atoms with E-state index in [9.17, 15) is 4.79 Å². The van der Waals surface area contributed by atoms with E-state index in [0.717, 1.165) is 12.0 Å². The summed E-state index contributed by atoms with van der Waals surface area (Å²) in [4.78, 5) is 9.25. The van der Waals surface area contributed by atoms with E-state index in [-0.39, 0.29) is 46.5 Å². The summed E-state index contributed by atoms with van der Waals surface area (Å²) in [5.74, 6) is -0.203. The van der Waals surface area contributed by atoms with E-state index in [0.29, 0.717) is 0 Å². The van der Waals surface area contributed by atoms with E-state index >= 15 is 0 Å². The van der Waals surface area contributed by atoms with E-state index in [2.05, 4.69) is 19.9 Å². The Kier molecular flexibility index (Phi) is 12.5. The van der Waals surface area contributed by atoms with Crippen molar-refractivity contribution in [3.63, 3.8) is 0 Å². The first-order chi connectivity index (χ1) is 9.15. The third-order valence-electron chi connectivity index (χ3n) is 4.38. The van der Waals surface area contributed by atoms with Crippen LogP contribution in [0.15, 0.2) is 34.9 Å². The van der Waals surface area contributed by atoms with Crippen LogP contribution < -0.4 is 24.8 Å². The molecule has 0 heterocycles. The van der Waals surface area contributed by atoms with Crippen molar-refractivity contribution in [2.75, 3.05) is 0 Å². The molecule has 0 bridgehead atoms. The molecule has 1 radical (unpaired) electrons. The van der Waals surface area contributed by atoms with Crippen LogP contribution in [0.4, 0.5) is 0 Å². The number of allylic oxidation sites excluding steroid dienone is 4. The number of carboxylic acid groups (broad SMARTS) is 1. The van der Waals surface area contributed by atoms with E-state index in [1.807, 2.05) is 0 Å². The van der Waals surface area contributed by atoms with Crippen LogP contribution in [0.5, 0.6) is 0 Å². The van der Waals surface area contributed by atoms with Crippen molar-refractivity contribution in [2.24, 2.45) is 5.92 Å². The first-order valence-electron chi connectivity index (χ1n) is 7.29. The van der Waals surface area contributed by atoms with Gasteiger partial charge in [0.15, 0.2) is 0 Å². The SMILES string of the molecule is C=CC(=O)O.CC1C2=C(CCC[CH-]2)C2=C1CCCC2.[Cl-].[Cl-].[Ti+3]. The van der Waals surface area contributed by atoms with Gasteiger partial charge in [-0.05, 0) is 25.2 Å². The first-order valence-corrected chi connectivity index (χ1v) is 7.29. The molecule has 0 aliphatic heterocycles. The number of aliphatic carboxylic acids is 1. The predicted octanol–water partition coefficient (Wildman–Crippen LogP) is -1.55. The maximum atomic E-state index is 9.25. The minimum Gasteiger partial charge on any atom is -1.00 e. The average molecular weight is 378 g/mol. The molecule has 0 saturated carbocycles. The third-order valence-corrected chi connectivity index (χ3v) is 4.38. The smallest absolute Gasteiger partial charge is 1.00 e. The summed E-state index contributed by atoms with van der Waals surface area (Å²) in [6.45, 7) is 5.38. The van der Waals surface area contributed by atoms with Crippen molar-refractivity contribution in [1.29, 1.82) is 0 Å². The Hall–Kier alpha value is -0.146. The fourth-order valence-corrected chi connectivity index (χ4v) is 3.51. The van der Waals surface area contributed by atoms with Crippen molar-refractivity contribution < 1.29 is 56.4 Å². The molecular formula is C17H23Cl2O2Ti. The topological polar surface area (TPSA) is 37.3 Å². The summed E-state index contributed by atoms with van der Waals surface area (Å²) in [7, 11) is 0. The molecule has 3 aliphatic carbocycles. The van der Waals surface area contributed by atoms with Crippen molar-refractivity contribution >= 4 is 5.97 Å². The molecule has 0 aromatic carbocycles. The van der Waals surface area contributed by atoms with Gasteiger partial charge in [-0.25, -0.2) is 16.8 Å². The van der Waals surface area contributed by atoms with E-state index in [1.165, 1.54) is 44.9 Å². The van der Waals surface area contributed by atoms with Gasteiger partial charge in [0.2, 0.25) is 0 Å². The zero-order valence-corrected chi connectivity index (χ0v) is 16.1. The van der Waals surface area contributed by atoms with Gasteiger partial charge >= 0.3 is 27.7 Å². The third kappa shape index (κ3) is 5.49. The maximum Gasteiger partial charge on any atom is 3.00 e. The molecule has 22 heavy (non-hydrogen) atoms. The average Bonchev–Trinajstić information content (AvgIpc) is 2.74. The Morgan fingerprint density at radius 2 is 1.73 bits per heavy atom. The maximum absolute atomic E-state index is 9.25. The van der Waals surface area contributed by atoms with Crippen molar-refractivity contribution in [1.82, 2.24) is 0 Å². The summed E-state index contributed by atoms with van der Waals surface area (Å²) < 4.78 is 0. The van der Waals surface area contributed by atoms with Gasteiger partial charge in [0.1, 0.15) is 0 Å². The van der Waals surface area contributed by atoms with E-state index in [1.54, 1.807) is 22.3 Å². The number of rotatable bonds is 1. The summed E-state index contributed by atoms with van der Waals surface area (Å²) in [6.07, 6.45) is 13.1. The first kappa shape index (κ1) is 24.1. The monoisotopic (exact) mass is 377 g/mol. The normalized spacial score (nSPS) is 21.4. The molecular weight excluding hydrogens is 355 g/mol. The van der Waals surface area contributed by atoms with Gasteiger partial charge in [-0.2, -0.15) is 5.57 Å². The van der Waals surface area contributed by atoms with Crippen LogP contribution in [0.2, 0.25) is 0 Å². The number of halogens is 2. The minimum atomic E-state index is -0.981. The molecule has 0 aromatic heterocycles. The number of fused-ring (bicyclic) bond motifs is 1. The van der Waals surface area contributed by atoms with Crippen LogP contribution >= 0.6 is 0 Å².